The zero-order valence-electron chi connectivity index (χ0n) is 10.4. The van der Waals surface area contributed by atoms with Crippen molar-refractivity contribution in [3.8, 4) is 0 Å². The van der Waals surface area contributed by atoms with Crippen molar-refractivity contribution in [1.82, 2.24) is 10.2 Å². The molecular formula is C12H25N3O. The van der Waals surface area contributed by atoms with Crippen LogP contribution in [0.5, 0.6) is 0 Å². The van der Waals surface area contributed by atoms with Crippen molar-refractivity contribution in [3.05, 3.63) is 0 Å². The van der Waals surface area contributed by atoms with Crippen LogP contribution < -0.4 is 11.1 Å². The smallest absolute Gasteiger partial charge is 0.234 e. The standard InChI is InChI=1S/C12H25N3O/c1-2-3-7-15(8-6-13)10-12(16)14-9-11-4-5-11/h11H,2-10,13H2,1H3,(H,14,16). The SMILES string of the molecule is CCCCN(CCN)CC(=O)NCC1CC1. The largest absolute Gasteiger partial charge is 0.355 e. The monoisotopic (exact) mass is 227 g/mol. The summed E-state index contributed by atoms with van der Waals surface area (Å²) in [5.74, 6) is 0.902. The molecule has 0 atom stereocenters. The van der Waals surface area contributed by atoms with E-state index in [0.29, 0.717) is 13.1 Å². The Balaban J connectivity index is 2.13. The van der Waals surface area contributed by atoms with Gasteiger partial charge in [0, 0.05) is 19.6 Å². The van der Waals surface area contributed by atoms with Crippen LogP contribution in [0.2, 0.25) is 0 Å². The van der Waals surface area contributed by atoms with Crippen LogP contribution in [-0.4, -0.2) is 43.5 Å². The molecule has 94 valence electrons. The van der Waals surface area contributed by atoms with E-state index in [4.69, 9.17) is 5.73 Å². The number of amides is 1. The highest BCUT2D eigenvalue weighted by atomic mass is 16.2. The van der Waals surface area contributed by atoms with E-state index >= 15 is 0 Å². The average Bonchev–Trinajstić information content (AvgIpc) is 3.07. The van der Waals surface area contributed by atoms with E-state index in [1.165, 1.54) is 12.8 Å². The quantitative estimate of drug-likeness (QED) is 0.605. The number of hydrogen-bond acceptors (Lipinski definition) is 3. The molecule has 1 rings (SSSR count). The highest BCUT2D eigenvalue weighted by molar-refractivity contribution is 5.78. The molecule has 1 amide bonds. The predicted molar refractivity (Wildman–Crippen MR) is 66.1 cm³/mol. The van der Waals surface area contributed by atoms with E-state index in [2.05, 4.69) is 17.1 Å². The Bertz CT molecular complexity index is 204. The lowest BCUT2D eigenvalue weighted by molar-refractivity contribution is -0.122. The van der Waals surface area contributed by atoms with Gasteiger partial charge in [0.15, 0.2) is 0 Å². The molecule has 16 heavy (non-hydrogen) atoms. The second-order valence-electron chi connectivity index (χ2n) is 4.67. The molecule has 0 aliphatic heterocycles. The topological polar surface area (TPSA) is 58.4 Å². The summed E-state index contributed by atoms with van der Waals surface area (Å²) in [6, 6.07) is 0. The molecule has 1 aliphatic carbocycles. The summed E-state index contributed by atoms with van der Waals surface area (Å²) in [6.07, 6.45) is 4.85. The molecule has 4 nitrogen and oxygen atoms in total. The Morgan fingerprint density at radius 3 is 2.75 bits per heavy atom. The minimum absolute atomic E-state index is 0.149. The van der Waals surface area contributed by atoms with Gasteiger partial charge in [-0.1, -0.05) is 13.3 Å². The highest BCUT2D eigenvalue weighted by Gasteiger charge is 2.21. The van der Waals surface area contributed by atoms with Crippen molar-refractivity contribution in [2.75, 3.05) is 32.7 Å². The van der Waals surface area contributed by atoms with E-state index in [0.717, 1.165) is 38.4 Å². The minimum atomic E-state index is 0.149. The maximum absolute atomic E-state index is 11.6. The van der Waals surface area contributed by atoms with Gasteiger partial charge in [-0.2, -0.15) is 0 Å². The third-order valence-corrected chi connectivity index (χ3v) is 2.93. The molecule has 1 fully saturated rings. The van der Waals surface area contributed by atoms with Gasteiger partial charge >= 0.3 is 0 Å². The van der Waals surface area contributed by atoms with Crippen molar-refractivity contribution >= 4 is 5.91 Å². The van der Waals surface area contributed by atoms with E-state index in [1.54, 1.807) is 0 Å². The van der Waals surface area contributed by atoms with Crippen LogP contribution in [0.1, 0.15) is 32.6 Å². The lowest BCUT2D eigenvalue weighted by atomic mass is 10.3. The van der Waals surface area contributed by atoms with Gasteiger partial charge in [-0.05, 0) is 31.7 Å². The number of rotatable bonds is 9. The number of carbonyl (C=O) groups excluding carboxylic acids is 1. The number of carbonyl (C=O) groups is 1. The summed E-state index contributed by atoms with van der Waals surface area (Å²) in [7, 11) is 0. The van der Waals surface area contributed by atoms with Gasteiger partial charge in [0.1, 0.15) is 0 Å². The molecule has 0 spiro atoms. The summed E-state index contributed by atoms with van der Waals surface area (Å²) >= 11 is 0. The zero-order chi connectivity index (χ0) is 11.8. The Hall–Kier alpha value is -0.610. The van der Waals surface area contributed by atoms with Crippen LogP contribution in [0.25, 0.3) is 0 Å². The number of unbranched alkanes of at least 4 members (excludes halogenated alkanes) is 1. The van der Waals surface area contributed by atoms with Crippen molar-refractivity contribution < 1.29 is 4.79 Å². The Morgan fingerprint density at radius 2 is 2.19 bits per heavy atom. The summed E-state index contributed by atoms with van der Waals surface area (Å²) < 4.78 is 0. The van der Waals surface area contributed by atoms with Gasteiger partial charge < -0.3 is 11.1 Å². The lowest BCUT2D eigenvalue weighted by Gasteiger charge is -2.20. The third kappa shape index (κ3) is 6.08. The molecule has 0 aromatic carbocycles. The van der Waals surface area contributed by atoms with E-state index < -0.39 is 0 Å². The normalized spacial score (nSPS) is 15.4. The van der Waals surface area contributed by atoms with Crippen LogP contribution >= 0.6 is 0 Å². The van der Waals surface area contributed by atoms with Crippen molar-refractivity contribution in [2.45, 2.75) is 32.6 Å². The zero-order valence-corrected chi connectivity index (χ0v) is 10.4. The second-order valence-corrected chi connectivity index (χ2v) is 4.67. The Labute approximate surface area is 98.6 Å². The number of nitrogens with one attached hydrogen (secondary N) is 1. The van der Waals surface area contributed by atoms with Crippen molar-refractivity contribution in [2.24, 2.45) is 11.7 Å². The van der Waals surface area contributed by atoms with E-state index in [9.17, 15) is 4.79 Å². The van der Waals surface area contributed by atoms with Gasteiger partial charge in [-0.25, -0.2) is 0 Å². The second kappa shape index (κ2) is 7.63. The summed E-state index contributed by atoms with van der Waals surface area (Å²) in [6.45, 7) is 5.95. The summed E-state index contributed by atoms with van der Waals surface area (Å²) in [5.41, 5.74) is 5.54. The predicted octanol–water partition coefficient (Wildman–Crippen LogP) is 0.573. The van der Waals surface area contributed by atoms with Crippen LogP contribution in [-0.2, 0) is 4.79 Å². The molecule has 0 bridgehead atoms. The number of hydrogen-bond donors (Lipinski definition) is 2. The van der Waals surface area contributed by atoms with Crippen molar-refractivity contribution in [1.29, 1.82) is 0 Å². The third-order valence-electron chi connectivity index (χ3n) is 2.93. The highest BCUT2D eigenvalue weighted by Crippen LogP contribution is 2.27. The molecule has 0 unspecified atom stereocenters. The molecule has 1 aliphatic rings. The Kier molecular flexibility index (Phi) is 6.42. The van der Waals surface area contributed by atoms with Crippen molar-refractivity contribution in [3.63, 3.8) is 0 Å². The van der Waals surface area contributed by atoms with Crippen LogP contribution in [0.4, 0.5) is 0 Å². The number of nitrogens with two attached hydrogens (primary N) is 1. The minimum Gasteiger partial charge on any atom is -0.355 e. The Morgan fingerprint density at radius 1 is 1.44 bits per heavy atom. The molecule has 0 aromatic rings. The maximum atomic E-state index is 11.6. The fraction of sp³-hybridized carbons (Fsp3) is 0.917. The van der Waals surface area contributed by atoms with E-state index in [-0.39, 0.29) is 5.91 Å². The molecule has 4 heteroatoms. The molecule has 3 N–H and O–H groups in total. The van der Waals surface area contributed by atoms with Gasteiger partial charge in [-0.15, -0.1) is 0 Å². The van der Waals surface area contributed by atoms with Crippen LogP contribution in [0.15, 0.2) is 0 Å². The summed E-state index contributed by atoms with van der Waals surface area (Å²) in [5, 5.41) is 2.99. The molecule has 0 saturated heterocycles. The van der Waals surface area contributed by atoms with Gasteiger partial charge in [-0.3, -0.25) is 9.69 Å². The van der Waals surface area contributed by atoms with Gasteiger partial charge in [0.25, 0.3) is 0 Å². The van der Waals surface area contributed by atoms with Crippen LogP contribution in [0, 0.1) is 5.92 Å². The molecule has 1 saturated carbocycles. The fourth-order valence-electron chi connectivity index (χ4n) is 1.67. The van der Waals surface area contributed by atoms with Gasteiger partial charge in [0.2, 0.25) is 5.91 Å². The lowest BCUT2D eigenvalue weighted by Crippen LogP contribution is -2.40. The summed E-state index contributed by atoms with van der Waals surface area (Å²) in [4.78, 5) is 13.8. The fourth-order valence-corrected chi connectivity index (χ4v) is 1.67. The molecular weight excluding hydrogens is 202 g/mol. The first-order valence-corrected chi connectivity index (χ1v) is 6.45. The molecule has 0 radical (unpaired) electrons. The molecule has 0 aromatic heterocycles. The number of nitrogens with zero attached hydrogens (tertiary/aromatic N) is 1. The van der Waals surface area contributed by atoms with E-state index in [1.807, 2.05) is 0 Å². The molecule has 0 heterocycles. The van der Waals surface area contributed by atoms with Gasteiger partial charge in [0.05, 0.1) is 6.54 Å². The maximum Gasteiger partial charge on any atom is 0.234 e. The first-order valence-electron chi connectivity index (χ1n) is 6.45. The first kappa shape index (κ1) is 13.5. The van der Waals surface area contributed by atoms with Crippen LogP contribution in [0.3, 0.4) is 0 Å². The first-order chi connectivity index (χ1) is 7.76. The average molecular weight is 227 g/mol.